The highest BCUT2D eigenvalue weighted by Gasteiger charge is 2.36. The average Bonchev–Trinajstić information content (AvgIpc) is 3.10. The molecule has 3 nitrogen and oxygen atoms in total. The van der Waals surface area contributed by atoms with E-state index in [0.717, 1.165) is 31.0 Å². The lowest BCUT2D eigenvalue weighted by Crippen LogP contribution is -2.29. The molecule has 0 aliphatic heterocycles. The monoisotopic (exact) mass is 752 g/mol. The van der Waals surface area contributed by atoms with E-state index >= 15 is 0 Å². The number of benzene rings is 4. The normalized spacial score (nSPS) is 15.2. The summed E-state index contributed by atoms with van der Waals surface area (Å²) in [6, 6.07) is 24.1. The van der Waals surface area contributed by atoms with Crippen molar-refractivity contribution >= 4 is 28.6 Å². The van der Waals surface area contributed by atoms with Crippen molar-refractivity contribution in [3.63, 3.8) is 0 Å². The average molecular weight is 753 g/mol. The van der Waals surface area contributed by atoms with Gasteiger partial charge >= 0.3 is 0 Å². The maximum absolute atomic E-state index is 13.3. The van der Waals surface area contributed by atoms with Gasteiger partial charge in [-0.25, -0.2) is 0 Å². The quantitative estimate of drug-likeness (QED) is 0.116. The van der Waals surface area contributed by atoms with Gasteiger partial charge in [-0.3, -0.25) is 4.55 Å². The molecule has 0 amide bonds. The van der Waals surface area contributed by atoms with Crippen molar-refractivity contribution in [2.75, 3.05) is 0 Å². The smallest absolute Gasteiger partial charge is 0.282 e. The highest BCUT2D eigenvalue weighted by molar-refractivity contribution is 7.87. The second kappa shape index (κ2) is 16.9. The number of hydrogen-bond acceptors (Lipinski definition) is 2. The molecule has 0 spiro atoms. The van der Waals surface area contributed by atoms with Gasteiger partial charge in [0.05, 0.1) is 0 Å². The summed E-state index contributed by atoms with van der Waals surface area (Å²) in [4.78, 5) is 0.0593. The Labute approximate surface area is 323 Å². The molecule has 5 rings (SSSR count). The third-order valence-electron chi connectivity index (χ3n) is 11.4. The van der Waals surface area contributed by atoms with Crippen molar-refractivity contribution in [1.29, 1.82) is 0 Å². The Morgan fingerprint density at radius 2 is 0.943 bits per heavy atom. The van der Waals surface area contributed by atoms with Crippen LogP contribution in [0.4, 0.5) is 0 Å². The van der Waals surface area contributed by atoms with E-state index in [1.807, 2.05) is 12.1 Å². The zero-order valence-electron chi connectivity index (χ0n) is 34.5. The predicted molar refractivity (Wildman–Crippen MR) is 231 cm³/mol. The Bertz CT molecular complexity index is 1860. The van der Waals surface area contributed by atoms with Crippen LogP contribution in [0.15, 0.2) is 71.6 Å². The van der Waals surface area contributed by atoms with E-state index in [1.165, 1.54) is 67.4 Å². The molecular formula is C48H65O3PS. The Kier molecular flexibility index (Phi) is 13.2. The molecule has 286 valence electrons. The van der Waals surface area contributed by atoms with Gasteiger partial charge in [0.25, 0.3) is 10.1 Å². The van der Waals surface area contributed by atoms with Crippen LogP contribution in [-0.4, -0.2) is 18.6 Å². The highest BCUT2D eigenvalue weighted by atomic mass is 32.2. The van der Waals surface area contributed by atoms with Crippen LogP contribution in [-0.2, 0) is 10.1 Å². The van der Waals surface area contributed by atoms with Gasteiger partial charge in [0.2, 0.25) is 0 Å². The summed E-state index contributed by atoms with van der Waals surface area (Å²) in [6.45, 7) is 27.6. The molecule has 0 saturated heterocycles. The van der Waals surface area contributed by atoms with E-state index in [2.05, 4.69) is 126 Å². The molecular weight excluding hydrogens is 688 g/mol. The van der Waals surface area contributed by atoms with Crippen LogP contribution < -0.4 is 10.6 Å². The third kappa shape index (κ3) is 8.71. The first-order valence-electron chi connectivity index (χ1n) is 20.3. The van der Waals surface area contributed by atoms with Crippen molar-refractivity contribution in [2.24, 2.45) is 0 Å². The first-order valence-corrected chi connectivity index (χ1v) is 23.1. The molecule has 1 N–H and O–H groups in total. The Morgan fingerprint density at radius 1 is 0.547 bits per heavy atom. The summed E-state index contributed by atoms with van der Waals surface area (Å²) in [5.74, 6) is 1.93. The summed E-state index contributed by atoms with van der Waals surface area (Å²) in [6.07, 6.45) is 5.54. The molecule has 0 bridgehead atoms. The van der Waals surface area contributed by atoms with E-state index in [-0.39, 0.29) is 34.2 Å². The van der Waals surface area contributed by atoms with Gasteiger partial charge in [-0.15, -0.1) is 0 Å². The number of rotatable bonds is 12. The van der Waals surface area contributed by atoms with Gasteiger partial charge in [0, 0.05) is 5.30 Å². The lowest BCUT2D eigenvalue weighted by Gasteiger charge is -2.37. The third-order valence-corrected chi connectivity index (χ3v) is 15.6. The molecule has 53 heavy (non-hydrogen) atoms. The molecule has 4 aromatic carbocycles. The van der Waals surface area contributed by atoms with E-state index in [9.17, 15) is 13.0 Å². The largest absolute Gasteiger partial charge is 0.295 e. The second-order valence-corrected chi connectivity index (χ2v) is 21.2. The van der Waals surface area contributed by atoms with E-state index in [0.29, 0.717) is 11.8 Å². The van der Waals surface area contributed by atoms with Gasteiger partial charge in [-0.1, -0.05) is 163 Å². The van der Waals surface area contributed by atoms with Crippen molar-refractivity contribution in [2.45, 2.75) is 161 Å². The maximum Gasteiger partial charge on any atom is 0.295 e. The van der Waals surface area contributed by atoms with Crippen LogP contribution in [0.25, 0.3) is 22.3 Å². The van der Waals surface area contributed by atoms with Gasteiger partial charge < -0.3 is 0 Å². The molecule has 0 aromatic heterocycles. The Morgan fingerprint density at radius 3 is 1.30 bits per heavy atom. The molecule has 1 unspecified atom stereocenters. The number of hydrogen-bond donors (Lipinski definition) is 1. The topological polar surface area (TPSA) is 54.4 Å². The molecule has 1 aliphatic carbocycles. The van der Waals surface area contributed by atoms with Gasteiger partial charge in [0.15, 0.2) is 0 Å². The first kappa shape index (κ1) is 41.4. The van der Waals surface area contributed by atoms with Crippen LogP contribution in [0.3, 0.4) is 0 Å². The molecule has 0 heterocycles. The summed E-state index contributed by atoms with van der Waals surface area (Å²) in [7, 11) is -5.73. The van der Waals surface area contributed by atoms with Crippen LogP contribution in [0, 0.1) is 0 Å². The van der Waals surface area contributed by atoms with E-state index in [4.69, 9.17) is 0 Å². The maximum atomic E-state index is 13.3. The van der Waals surface area contributed by atoms with Gasteiger partial charge in [-0.05, 0) is 129 Å². The van der Waals surface area contributed by atoms with Gasteiger partial charge in [-0.2, -0.15) is 8.42 Å². The Balaban J connectivity index is 2.09. The molecule has 1 saturated carbocycles. The first-order chi connectivity index (χ1) is 24.9. The van der Waals surface area contributed by atoms with Crippen LogP contribution in [0.5, 0.6) is 0 Å². The predicted octanol–water partition coefficient (Wildman–Crippen LogP) is 13.8. The van der Waals surface area contributed by atoms with Crippen LogP contribution >= 0.6 is 7.92 Å². The van der Waals surface area contributed by atoms with Crippen LogP contribution in [0.2, 0.25) is 0 Å². The van der Waals surface area contributed by atoms with Crippen molar-refractivity contribution in [3.8, 4) is 22.3 Å². The lowest BCUT2D eigenvalue weighted by molar-refractivity contribution is 0.483. The minimum atomic E-state index is -4.48. The van der Waals surface area contributed by atoms with Gasteiger partial charge in [0.1, 0.15) is 4.90 Å². The fourth-order valence-electron chi connectivity index (χ4n) is 8.45. The van der Waals surface area contributed by atoms with Crippen molar-refractivity contribution < 1.29 is 13.0 Å². The SMILES string of the molecule is CC(C)c1cc(C(C)C)c(-c2cccc(-c3c(C(C)C)cc(C(C)C)cc3C(C)C)c2P(c2ccccc2S(=O)(=O)O)C2CCCCC2)c(C(C)C)c1. The molecule has 1 atom stereocenters. The summed E-state index contributed by atoms with van der Waals surface area (Å²) >= 11 is 0. The fraction of sp³-hybridized carbons (Fsp3) is 0.500. The lowest BCUT2D eigenvalue weighted by atomic mass is 9.79. The summed E-state index contributed by atoms with van der Waals surface area (Å²) in [5.41, 5.74) is 13.5. The second-order valence-electron chi connectivity index (χ2n) is 17.4. The zero-order chi connectivity index (χ0) is 38.9. The van der Waals surface area contributed by atoms with Crippen LogP contribution in [0.1, 0.15) is 184 Å². The molecule has 0 radical (unpaired) electrons. The standard InChI is InChI=1S/C48H65O3PS/c1-29(2)35-25-40(31(5)6)46(41(26-35)32(7)8)38-21-18-22-39(47-42(33(9)10)27-36(30(3)4)28-43(47)34(11)12)48(38)52(37-19-14-13-15-20-37)44-23-16-17-24-45(44)53(49,50)51/h16-18,21-34,37H,13-15,19-20H2,1-12H3,(H,49,50,51). The molecule has 1 fully saturated rings. The molecule has 1 aliphatic rings. The minimum Gasteiger partial charge on any atom is -0.282 e. The summed E-state index contributed by atoms with van der Waals surface area (Å²) < 4.78 is 37.5. The van der Waals surface area contributed by atoms with Crippen molar-refractivity contribution in [1.82, 2.24) is 0 Å². The minimum absolute atomic E-state index is 0.0593. The summed E-state index contributed by atoms with van der Waals surface area (Å²) in [5, 5.41) is 2.05. The van der Waals surface area contributed by atoms with E-state index < -0.39 is 18.0 Å². The zero-order valence-corrected chi connectivity index (χ0v) is 36.3. The molecule has 5 heteroatoms. The van der Waals surface area contributed by atoms with Crippen molar-refractivity contribution in [3.05, 3.63) is 100 Å². The fourth-order valence-corrected chi connectivity index (χ4v) is 13.0. The molecule has 4 aromatic rings. The Hall–Kier alpha value is -2.78. The highest BCUT2D eigenvalue weighted by Crippen LogP contribution is 2.54. The van der Waals surface area contributed by atoms with E-state index in [1.54, 1.807) is 12.1 Å².